The molecule has 0 aliphatic carbocycles. The molecule has 0 aromatic heterocycles. The van der Waals surface area contributed by atoms with Gasteiger partial charge in [0.2, 0.25) is 0 Å². The Labute approximate surface area is 162 Å². The molecule has 3 aromatic carbocycles. The summed E-state index contributed by atoms with van der Waals surface area (Å²) >= 11 is 0. The van der Waals surface area contributed by atoms with Gasteiger partial charge in [-0.2, -0.15) is 13.5 Å². The maximum atomic E-state index is 12.4. The fraction of sp³-hybridized carbons (Fsp3) is 0.100. The molecule has 0 amide bonds. The summed E-state index contributed by atoms with van der Waals surface area (Å²) < 4.78 is 30.0. The van der Waals surface area contributed by atoms with Crippen molar-refractivity contribution >= 4 is 33.0 Å². The standard InChI is InChI=1S/C20H18N2O5S/c1-14(20(23)24)27-18-9-6-15(7-10-18)13-21-22-28(25,26)19-11-8-16-4-2-3-5-17(16)12-19/h2-14,22H,1H3,(H,23,24)/b21-13-/t14-/m0/s1. The summed E-state index contributed by atoms with van der Waals surface area (Å²) in [7, 11) is -3.79. The highest BCUT2D eigenvalue weighted by Gasteiger charge is 2.13. The Balaban J connectivity index is 1.68. The van der Waals surface area contributed by atoms with Crippen molar-refractivity contribution in [3.8, 4) is 5.75 Å². The number of hydrogen-bond donors (Lipinski definition) is 2. The Morgan fingerprint density at radius 3 is 2.43 bits per heavy atom. The van der Waals surface area contributed by atoms with Crippen LogP contribution in [0.1, 0.15) is 12.5 Å². The first-order valence-electron chi connectivity index (χ1n) is 8.38. The van der Waals surface area contributed by atoms with Crippen LogP contribution in [0.25, 0.3) is 10.8 Å². The van der Waals surface area contributed by atoms with Crippen molar-refractivity contribution in [3.63, 3.8) is 0 Å². The highest BCUT2D eigenvalue weighted by Crippen LogP contribution is 2.19. The molecule has 0 saturated carbocycles. The van der Waals surface area contributed by atoms with Gasteiger partial charge in [-0.05, 0) is 59.7 Å². The van der Waals surface area contributed by atoms with E-state index in [2.05, 4.69) is 9.93 Å². The number of sulfonamides is 1. The average molecular weight is 398 g/mol. The summed E-state index contributed by atoms with van der Waals surface area (Å²) in [5.41, 5.74) is 0.622. The van der Waals surface area contributed by atoms with E-state index < -0.39 is 22.1 Å². The van der Waals surface area contributed by atoms with E-state index in [0.29, 0.717) is 11.3 Å². The Morgan fingerprint density at radius 2 is 1.75 bits per heavy atom. The van der Waals surface area contributed by atoms with Gasteiger partial charge in [0.05, 0.1) is 11.1 Å². The molecular formula is C20H18N2O5S. The predicted octanol–water partition coefficient (Wildman–Crippen LogP) is 3.00. The van der Waals surface area contributed by atoms with Gasteiger partial charge in [0.25, 0.3) is 10.0 Å². The van der Waals surface area contributed by atoms with Gasteiger partial charge in [-0.15, -0.1) is 0 Å². The lowest BCUT2D eigenvalue weighted by molar-refractivity contribution is -0.144. The summed E-state index contributed by atoms with van der Waals surface area (Å²) in [4.78, 5) is 13.1. The molecule has 0 heterocycles. The summed E-state index contributed by atoms with van der Waals surface area (Å²) in [6, 6.07) is 18.8. The van der Waals surface area contributed by atoms with Crippen LogP contribution in [-0.2, 0) is 14.8 Å². The maximum Gasteiger partial charge on any atom is 0.344 e. The van der Waals surface area contributed by atoms with Gasteiger partial charge in [0, 0.05) is 0 Å². The first-order valence-corrected chi connectivity index (χ1v) is 9.87. The molecule has 1 atom stereocenters. The zero-order valence-electron chi connectivity index (χ0n) is 14.9. The zero-order chi connectivity index (χ0) is 20.1. The number of carbonyl (C=O) groups is 1. The number of nitrogens with one attached hydrogen (secondary N) is 1. The van der Waals surface area contributed by atoms with Crippen LogP contribution >= 0.6 is 0 Å². The SMILES string of the molecule is C[C@H](Oc1ccc(/C=N\NS(=O)(=O)c2ccc3ccccc3c2)cc1)C(=O)O. The molecule has 0 unspecified atom stereocenters. The molecule has 144 valence electrons. The summed E-state index contributed by atoms with van der Waals surface area (Å²) in [5, 5.41) is 14.4. The summed E-state index contributed by atoms with van der Waals surface area (Å²) in [5.74, 6) is -0.669. The fourth-order valence-electron chi connectivity index (χ4n) is 2.44. The van der Waals surface area contributed by atoms with Crippen LogP contribution in [0.3, 0.4) is 0 Å². The van der Waals surface area contributed by atoms with Crippen molar-refractivity contribution in [1.29, 1.82) is 0 Å². The molecule has 3 aromatic rings. The molecule has 3 rings (SSSR count). The fourth-order valence-corrected chi connectivity index (χ4v) is 3.27. The van der Waals surface area contributed by atoms with Crippen LogP contribution < -0.4 is 9.57 Å². The van der Waals surface area contributed by atoms with Crippen molar-refractivity contribution in [3.05, 3.63) is 72.3 Å². The van der Waals surface area contributed by atoms with E-state index >= 15 is 0 Å². The van der Waals surface area contributed by atoms with E-state index in [-0.39, 0.29) is 4.90 Å². The van der Waals surface area contributed by atoms with E-state index in [4.69, 9.17) is 9.84 Å². The molecule has 0 fully saturated rings. The van der Waals surface area contributed by atoms with E-state index in [9.17, 15) is 13.2 Å². The molecule has 7 nitrogen and oxygen atoms in total. The number of carboxylic acids is 1. The lowest BCUT2D eigenvalue weighted by Crippen LogP contribution is -2.22. The van der Waals surface area contributed by atoms with Crippen molar-refractivity contribution < 1.29 is 23.1 Å². The number of benzene rings is 3. The third kappa shape index (κ3) is 4.66. The highest BCUT2D eigenvalue weighted by atomic mass is 32.2. The molecule has 0 radical (unpaired) electrons. The monoisotopic (exact) mass is 398 g/mol. The van der Waals surface area contributed by atoms with Crippen LogP contribution in [0.15, 0.2) is 76.7 Å². The molecule has 8 heteroatoms. The number of hydrogen-bond acceptors (Lipinski definition) is 5. The highest BCUT2D eigenvalue weighted by molar-refractivity contribution is 7.89. The minimum Gasteiger partial charge on any atom is -0.479 e. The second-order valence-electron chi connectivity index (χ2n) is 6.03. The molecule has 0 saturated heterocycles. The topological polar surface area (TPSA) is 105 Å². The Bertz CT molecular complexity index is 1120. The van der Waals surface area contributed by atoms with Crippen LogP contribution in [0, 0.1) is 0 Å². The third-order valence-corrected chi connectivity index (χ3v) is 5.18. The van der Waals surface area contributed by atoms with E-state index in [1.54, 1.807) is 36.4 Å². The smallest absolute Gasteiger partial charge is 0.344 e. The van der Waals surface area contributed by atoms with Crippen molar-refractivity contribution in [2.24, 2.45) is 5.10 Å². The number of rotatable bonds is 7. The van der Waals surface area contributed by atoms with Crippen LogP contribution in [0.2, 0.25) is 0 Å². The normalized spacial score (nSPS) is 12.8. The van der Waals surface area contributed by atoms with Gasteiger partial charge in [-0.3, -0.25) is 0 Å². The second kappa shape index (κ2) is 8.10. The number of hydrazone groups is 1. The molecule has 0 aliphatic rings. The third-order valence-electron chi connectivity index (χ3n) is 3.96. The zero-order valence-corrected chi connectivity index (χ0v) is 15.8. The molecular weight excluding hydrogens is 380 g/mol. The van der Waals surface area contributed by atoms with Gasteiger partial charge in [0.15, 0.2) is 6.10 Å². The van der Waals surface area contributed by atoms with Gasteiger partial charge in [0.1, 0.15) is 5.75 Å². The van der Waals surface area contributed by atoms with Gasteiger partial charge in [-0.25, -0.2) is 9.63 Å². The second-order valence-corrected chi connectivity index (χ2v) is 7.69. The Morgan fingerprint density at radius 1 is 1.07 bits per heavy atom. The van der Waals surface area contributed by atoms with Crippen molar-refractivity contribution in [2.75, 3.05) is 0 Å². The lowest BCUT2D eigenvalue weighted by Gasteiger charge is -2.10. The van der Waals surface area contributed by atoms with Gasteiger partial charge >= 0.3 is 5.97 Å². The van der Waals surface area contributed by atoms with E-state index in [1.807, 2.05) is 24.3 Å². The average Bonchev–Trinajstić information content (AvgIpc) is 2.68. The molecule has 0 spiro atoms. The molecule has 28 heavy (non-hydrogen) atoms. The number of fused-ring (bicyclic) bond motifs is 1. The van der Waals surface area contributed by atoms with Crippen LogP contribution in [0.4, 0.5) is 0 Å². The number of carboxylic acid groups (broad SMARTS) is 1. The van der Waals surface area contributed by atoms with Gasteiger partial charge < -0.3 is 9.84 Å². The lowest BCUT2D eigenvalue weighted by atomic mass is 10.1. The van der Waals surface area contributed by atoms with Crippen LogP contribution in [-0.4, -0.2) is 31.8 Å². The minimum atomic E-state index is -3.79. The van der Waals surface area contributed by atoms with Gasteiger partial charge in [-0.1, -0.05) is 30.3 Å². The summed E-state index contributed by atoms with van der Waals surface area (Å²) in [6.45, 7) is 1.43. The molecule has 0 bridgehead atoms. The Kier molecular flexibility index (Phi) is 5.60. The Hall–Kier alpha value is -3.39. The number of ether oxygens (including phenoxy) is 1. The maximum absolute atomic E-state index is 12.4. The first-order chi connectivity index (χ1) is 13.3. The first kappa shape index (κ1) is 19.4. The van der Waals surface area contributed by atoms with E-state index in [1.165, 1.54) is 19.2 Å². The number of aliphatic carboxylic acids is 1. The quantitative estimate of drug-likeness (QED) is 0.470. The summed E-state index contributed by atoms with van der Waals surface area (Å²) in [6.07, 6.45) is 0.386. The molecule has 0 aliphatic heterocycles. The van der Waals surface area contributed by atoms with Crippen molar-refractivity contribution in [1.82, 2.24) is 4.83 Å². The predicted molar refractivity (Wildman–Crippen MR) is 106 cm³/mol. The van der Waals surface area contributed by atoms with E-state index in [0.717, 1.165) is 10.8 Å². The minimum absolute atomic E-state index is 0.120. The molecule has 2 N–H and O–H groups in total. The van der Waals surface area contributed by atoms with Crippen LogP contribution in [0.5, 0.6) is 5.75 Å². The van der Waals surface area contributed by atoms with Crippen molar-refractivity contribution in [2.45, 2.75) is 17.9 Å². The largest absolute Gasteiger partial charge is 0.479 e. The number of nitrogens with zero attached hydrogens (tertiary/aromatic N) is 1.